The third kappa shape index (κ3) is 5.87. The molecule has 0 saturated heterocycles. The standard InChI is InChI=1S/C15H16Cl2F3NO3/c1-14(2,15(18,19)20)7-12(22)21-11(13(23)24)5-8-3-9(16)6-10(17)4-8/h3-4,6,11H,5,7H2,1-2H3,(H,21,22)(H,23,24). The molecule has 0 radical (unpaired) electrons. The van der Waals surface area contributed by atoms with Crippen LogP contribution in [0.2, 0.25) is 10.0 Å². The van der Waals surface area contributed by atoms with Gasteiger partial charge in [-0.1, -0.05) is 37.0 Å². The molecule has 1 unspecified atom stereocenters. The van der Waals surface area contributed by atoms with Gasteiger partial charge in [-0.15, -0.1) is 0 Å². The van der Waals surface area contributed by atoms with E-state index in [-0.39, 0.29) is 16.5 Å². The lowest BCUT2D eigenvalue weighted by atomic mass is 9.88. The van der Waals surface area contributed by atoms with E-state index in [0.717, 1.165) is 13.8 Å². The Morgan fingerprint density at radius 3 is 2.08 bits per heavy atom. The van der Waals surface area contributed by atoms with E-state index >= 15 is 0 Å². The molecule has 1 rings (SSSR count). The second-order valence-electron chi connectivity index (χ2n) is 6.00. The predicted octanol–water partition coefficient (Wildman–Crippen LogP) is 4.08. The van der Waals surface area contributed by atoms with Crippen LogP contribution in [0.3, 0.4) is 0 Å². The highest BCUT2D eigenvalue weighted by Gasteiger charge is 2.48. The van der Waals surface area contributed by atoms with Gasteiger partial charge in [0.05, 0.1) is 5.41 Å². The molecule has 134 valence electrons. The molecular formula is C15H16Cl2F3NO3. The van der Waals surface area contributed by atoms with E-state index in [9.17, 15) is 27.9 Å². The van der Waals surface area contributed by atoms with Crippen LogP contribution in [0.4, 0.5) is 13.2 Å². The Balaban J connectivity index is 2.83. The van der Waals surface area contributed by atoms with Crippen molar-refractivity contribution in [3.05, 3.63) is 33.8 Å². The lowest BCUT2D eigenvalue weighted by Gasteiger charge is -2.27. The normalized spacial score (nSPS) is 13.5. The third-order valence-electron chi connectivity index (χ3n) is 3.37. The highest BCUT2D eigenvalue weighted by molar-refractivity contribution is 6.34. The molecule has 0 fully saturated rings. The summed E-state index contributed by atoms with van der Waals surface area (Å²) in [5.74, 6) is -2.37. The lowest BCUT2D eigenvalue weighted by molar-refractivity contribution is -0.213. The fourth-order valence-corrected chi connectivity index (χ4v) is 2.48. The minimum Gasteiger partial charge on any atom is -0.480 e. The Kier molecular flexibility index (Phi) is 6.52. The molecular weight excluding hydrogens is 370 g/mol. The van der Waals surface area contributed by atoms with Gasteiger partial charge in [0, 0.05) is 22.9 Å². The Morgan fingerprint density at radius 1 is 1.17 bits per heavy atom. The van der Waals surface area contributed by atoms with Gasteiger partial charge in [0.1, 0.15) is 6.04 Å². The maximum atomic E-state index is 12.8. The van der Waals surface area contributed by atoms with Gasteiger partial charge in [0.25, 0.3) is 0 Å². The van der Waals surface area contributed by atoms with Crippen molar-refractivity contribution in [2.24, 2.45) is 5.41 Å². The van der Waals surface area contributed by atoms with Crippen LogP contribution in [0.15, 0.2) is 18.2 Å². The molecule has 0 aromatic heterocycles. The molecule has 1 amide bonds. The van der Waals surface area contributed by atoms with Crippen molar-refractivity contribution in [1.29, 1.82) is 0 Å². The zero-order valence-corrected chi connectivity index (χ0v) is 14.4. The zero-order valence-electron chi connectivity index (χ0n) is 12.9. The topological polar surface area (TPSA) is 66.4 Å². The predicted molar refractivity (Wildman–Crippen MR) is 84.2 cm³/mol. The number of hydrogen-bond acceptors (Lipinski definition) is 2. The molecule has 0 aliphatic heterocycles. The summed E-state index contributed by atoms with van der Waals surface area (Å²) in [6.45, 7) is 1.75. The summed E-state index contributed by atoms with van der Waals surface area (Å²) in [4.78, 5) is 23.1. The van der Waals surface area contributed by atoms with Gasteiger partial charge < -0.3 is 10.4 Å². The van der Waals surface area contributed by atoms with E-state index in [1.807, 2.05) is 0 Å². The van der Waals surface area contributed by atoms with Crippen LogP contribution in [0.1, 0.15) is 25.8 Å². The molecule has 0 aliphatic rings. The molecule has 0 spiro atoms. The maximum absolute atomic E-state index is 12.8. The Morgan fingerprint density at radius 2 is 1.67 bits per heavy atom. The van der Waals surface area contributed by atoms with E-state index in [0.29, 0.717) is 5.56 Å². The van der Waals surface area contributed by atoms with E-state index in [2.05, 4.69) is 5.32 Å². The Labute approximate surface area is 146 Å². The van der Waals surface area contributed by atoms with Gasteiger partial charge >= 0.3 is 12.1 Å². The van der Waals surface area contributed by atoms with Crippen molar-refractivity contribution in [3.8, 4) is 0 Å². The quantitative estimate of drug-likeness (QED) is 0.774. The van der Waals surface area contributed by atoms with Crippen LogP contribution in [-0.2, 0) is 16.0 Å². The number of rotatable bonds is 6. The minimum atomic E-state index is -4.58. The first-order valence-electron chi connectivity index (χ1n) is 6.86. The summed E-state index contributed by atoms with van der Waals surface area (Å²) in [6, 6.07) is 2.99. The van der Waals surface area contributed by atoms with Crippen molar-refractivity contribution in [2.45, 2.75) is 38.9 Å². The fraction of sp³-hybridized carbons (Fsp3) is 0.467. The fourth-order valence-electron chi connectivity index (χ4n) is 1.91. The molecule has 1 atom stereocenters. The number of aliphatic carboxylic acids is 1. The number of benzene rings is 1. The molecule has 0 bridgehead atoms. The van der Waals surface area contributed by atoms with Crippen LogP contribution >= 0.6 is 23.2 Å². The number of carbonyl (C=O) groups is 2. The number of carboxylic acid groups (broad SMARTS) is 1. The number of amides is 1. The van der Waals surface area contributed by atoms with Crippen molar-refractivity contribution in [2.75, 3.05) is 0 Å². The maximum Gasteiger partial charge on any atom is 0.394 e. The molecule has 2 N–H and O–H groups in total. The molecule has 4 nitrogen and oxygen atoms in total. The Hall–Kier alpha value is -1.47. The average molecular weight is 386 g/mol. The van der Waals surface area contributed by atoms with Crippen LogP contribution in [0, 0.1) is 5.41 Å². The van der Waals surface area contributed by atoms with Crippen molar-refractivity contribution >= 4 is 35.1 Å². The van der Waals surface area contributed by atoms with Gasteiger partial charge in [-0.25, -0.2) is 4.79 Å². The smallest absolute Gasteiger partial charge is 0.394 e. The van der Waals surface area contributed by atoms with Crippen molar-refractivity contribution < 1.29 is 27.9 Å². The van der Waals surface area contributed by atoms with Crippen LogP contribution < -0.4 is 5.32 Å². The van der Waals surface area contributed by atoms with Crippen LogP contribution in [0.25, 0.3) is 0 Å². The average Bonchev–Trinajstić information content (AvgIpc) is 2.34. The van der Waals surface area contributed by atoms with E-state index in [1.54, 1.807) is 0 Å². The van der Waals surface area contributed by atoms with Crippen molar-refractivity contribution in [1.82, 2.24) is 5.32 Å². The van der Waals surface area contributed by atoms with Gasteiger partial charge in [-0.2, -0.15) is 13.2 Å². The largest absolute Gasteiger partial charge is 0.480 e. The van der Waals surface area contributed by atoms with Crippen LogP contribution in [-0.4, -0.2) is 29.2 Å². The molecule has 0 saturated carbocycles. The molecule has 1 aromatic carbocycles. The first kappa shape index (κ1) is 20.6. The molecule has 1 aromatic rings. The van der Waals surface area contributed by atoms with Gasteiger partial charge in [-0.3, -0.25) is 4.79 Å². The number of alkyl halides is 3. The number of hydrogen-bond donors (Lipinski definition) is 2. The van der Waals surface area contributed by atoms with Gasteiger partial charge in [0.15, 0.2) is 0 Å². The number of carboxylic acids is 1. The van der Waals surface area contributed by atoms with Gasteiger partial charge in [0.2, 0.25) is 5.91 Å². The van der Waals surface area contributed by atoms with E-state index in [1.165, 1.54) is 18.2 Å². The van der Waals surface area contributed by atoms with Gasteiger partial charge in [-0.05, 0) is 23.8 Å². The molecule has 0 heterocycles. The molecule has 0 aliphatic carbocycles. The monoisotopic (exact) mass is 385 g/mol. The number of halogens is 5. The summed E-state index contributed by atoms with van der Waals surface area (Å²) >= 11 is 11.6. The van der Waals surface area contributed by atoms with Crippen molar-refractivity contribution in [3.63, 3.8) is 0 Å². The third-order valence-corrected chi connectivity index (χ3v) is 3.80. The number of nitrogens with one attached hydrogen (secondary N) is 1. The summed E-state index contributed by atoms with van der Waals surface area (Å²) in [6.07, 6.45) is -5.62. The Bertz CT molecular complexity index is 613. The van der Waals surface area contributed by atoms with Crippen LogP contribution in [0.5, 0.6) is 0 Å². The zero-order chi connectivity index (χ0) is 18.7. The summed E-state index contributed by atoms with van der Waals surface area (Å²) in [5, 5.41) is 11.9. The number of carbonyl (C=O) groups excluding carboxylic acids is 1. The minimum absolute atomic E-state index is 0.159. The summed E-state index contributed by atoms with van der Waals surface area (Å²) in [7, 11) is 0. The molecule has 24 heavy (non-hydrogen) atoms. The second-order valence-corrected chi connectivity index (χ2v) is 6.87. The SMILES string of the molecule is CC(C)(CC(=O)NC(Cc1cc(Cl)cc(Cl)c1)C(=O)O)C(F)(F)F. The first-order chi connectivity index (χ1) is 10.8. The summed E-state index contributed by atoms with van der Waals surface area (Å²) in [5.41, 5.74) is -1.82. The highest BCUT2D eigenvalue weighted by atomic mass is 35.5. The van der Waals surface area contributed by atoms with E-state index < -0.39 is 35.9 Å². The summed E-state index contributed by atoms with van der Waals surface area (Å²) < 4.78 is 38.4. The van der Waals surface area contributed by atoms with E-state index in [4.69, 9.17) is 23.2 Å². The molecule has 9 heteroatoms. The second kappa shape index (κ2) is 7.61. The highest BCUT2D eigenvalue weighted by Crippen LogP contribution is 2.40. The first-order valence-corrected chi connectivity index (χ1v) is 7.61. The lowest BCUT2D eigenvalue weighted by Crippen LogP contribution is -2.45.